The summed E-state index contributed by atoms with van der Waals surface area (Å²) in [7, 11) is 0. The molecule has 28 heavy (non-hydrogen) atoms. The molecular formula is C21H27N5O2. The minimum Gasteiger partial charge on any atom is -0.339 e. The maximum absolute atomic E-state index is 12.3. The minimum absolute atomic E-state index is 0.0611. The van der Waals surface area contributed by atoms with Gasteiger partial charge in [0.15, 0.2) is 11.6 Å². The second-order valence-electron chi connectivity index (χ2n) is 6.98. The van der Waals surface area contributed by atoms with E-state index in [0.717, 1.165) is 24.2 Å². The van der Waals surface area contributed by atoms with Crippen molar-refractivity contribution < 1.29 is 9.32 Å². The molecule has 2 heterocycles. The zero-order valence-corrected chi connectivity index (χ0v) is 16.7. The van der Waals surface area contributed by atoms with E-state index in [9.17, 15) is 4.79 Å². The van der Waals surface area contributed by atoms with Crippen LogP contribution in [0.3, 0.4) is 0 Å². The van der Waals surface area contributed by atoms with Crippen molar-refractivity contribution in [3.63, 3.8) is 0 Å². The van der Waals surface area contributed by atoms with Gasteiger partial charge in [0.25, 0.3) is 0 Å². The molecule has 1 atom stereocenters. The molecule has 7 nitrogen and oxygen atoms in total. The van der Waals surface area contributed by atoms with Crippen molar-refractivity contribution in [1.82, 2.24) is 19.9 Å². The molecule has 3 aromatic rings. The summed E-state index contributed by atoms with van der Waals surface area (Å²) in [6.07, 6.45) is 5.39. The molecule has 0 radical (unpaired) electrons. The van der Waals surface area contributed by atoms with E-state index in [0.29, 0.717) is 31.0 Å². The summed E-state index contributed by atoms with van der Waals surface area (Å²) < 4.78 is 7.08. The topological polar surface area (TPSA) is 85.8 Å². The van der Waals surface area contributed by atoms with Crippen LogP contribution in [0, 0.1) is 6.92 Å². The summed E-state index contributed by atoms with van der Waals surface area (Å²) in [5.41, 5.74) is 2.11. The Hall–Kier alpha value is -2.96. The zero-order valence-electron chi connectivity index (χ0n) is 16.7. The van der Waals surface area contributed by atoms with E-state index >= 15 is 0 Å². The van der Waals surface area contributed by atoms with E-state index in [1.54, 1.807) is 0 Å². The SMILES string of the molecule is CCCc1noc(CCCC(=O)Nc2nn([C@@H](C)c3ccccc3)cc2C)n1. The standard InChI is InChI=1S/C21H27N5O2/c1-4-9-18-22-20(28-25-18)13-8-12-19(27)23-21-15(2)14-26(24-21)16(3)17-10-6-5-7-11-17/h5-7,10-11,14,16H,4,8-9,12-13H2,1-3H3,(H,23,24,27)/t16-/m0/s1. The highest BCUT2D eigenvalue weighted by atomic mass is 16.5. The summed E-state index contributed by atoms with van der Waals surface area (Å²) in [5, 5.41) is 11.4. The molecule has 3 rings (SSSR count). The molecule has 0 aliphatic carbocycles. The largest absolute Gasteiger partial charge is 0.339 e. The highest BCUT2D eigenvalue weighted by molar-refractivity contribution is 5.90. The molecule has 0 aliphatic heterocycles. The van der Waals surface area contributed by atoms with E-state index in [-0.39, 0.29) is 11.9 Å². The molecule has 148 valence electrons. The number of benzene rings is 1. The van der Waals surface area contributed by atoms with Crippen molar-refractivity contribution in [1.29, 1.82) is 0 Å². The quantitative estimate of drug-likeness (QED) is 0.603. The first kappa shape index (κ1) is 19.8. The van der Waals surface area contributed by atoms with Crippen LogP contribution in [-0.4, -0.2) is 25.8 Å². The normalized spacial score (nSPS) is 12.1. The Morgan fingerprint density at radius 1 is 1.25 bits per heavy atom. The van der Waals surface area contributed by atoms with Crippen LogP contribution >= 0.6 is 0 Å². The first-order valence-electron chi connectivity index (χ1n) is 9.78. The lowest BCUT2D eigenvalue weighted by molar-refractivity contribution is -0.116. The molecule has 0 aliphatic rings. The van der Waals surface area contributed by atoms with Gasteiger partial charge < -0.3 is 9.84 Å². The predicted molar refractivity (Wildman–Crippen MR) is 107 cm³/mol. The number of rotatable bonds is 9. The van der Waals surface area contributed by atoms with E-state index in [2.05, 4.69) is 46.5 Å². The summed E-state index contributed by atoms with van der Waals surface area (Å²) in [6, 6.07) is 10.3. The number of amides is 1. The van der Waals surface area contributed by atoms with Crippen LogP contribution in [0.4, 0.5) is 5.82 Å². The second-order valence-corrected chi connectivity index (χ2v) is 6.98. The highest BCUT2D eigenvalue weighted by Gasteiger charge is 2.14. The summed E-state index contributed by atoms with van der Waals surface area (Å²) >= 11 is 0. The monoisotopic (exact) mass is 381 g/mol. The lowest BCUT2D eigenvalue weighted by Crippen LogP contribution is -2.14. The van der Waals surface area contributed by atoms with E-state index in [1.807, 2.05) is 36.0 Å². The average molecular weight is 381 g/mol. The maximum atomic E-state index is 12.3. The fourth-order valence-corrected chi connectivity index (χ4v) is 3.00. The van der Waals surface area contributed by atoms with Crippen molar-refractivity contribution in [2.45, 2.75) is 58.9 Å². The van der Waals surface area contributed by atoms with Gasteiger partial charge in [0, 0.05) is 31.0 Å². The van der Waals surface area contributed by atoms with Crippen LogP contribution in [0.15, 0.2) is 41.1 Å². The van der Waals surface area contributed by atoms with Gasteiger partial charge in [-0.05, 0) is 32.3 Å². The van der Waals surface area contributed by atoms with E-state index in [1.165, 1.54) is 5.56 Å². The Morgan fingerprint density at radius 3 is 2.79 bits per heavy atom. The van der Waals surface area contributed by atoms with Gasteiger partial charge in [0.05, 0.1) is 6.04 Å². The second kappa shape index (κ2) is 9.30. The molecule has 0 bridgehead atoms. The highest BCUT2D eigenvalue weighted by Crippen LogP contribution is 2.21. The molecular weight excluding hydrogens is 354 g/mol. The van der Waals surface area contributed by atoms with E-state index in [4.69, 9.17) is 4.52 Å². The van der Waals surface area contributed by atoms with Gasteiger partial charge in [-0.3, -0.25) is 9.48 Å². The van der Waals surface area contributed by atoms with Crippen molar-refractivity contribution in [3.8, 4) is 0 Å². The molecule has 7 heteroatoms. The fraction of sp³-hybridized carbons (Fsp3) is 0.429. The van der Waals surface area contributed by atoms with Crippen LogP contribution < -0.4 is 5.32 Å². The number of aromatic nitrogens is 4. The number of anilines is 1. The Bertz CT molecular complexity index is 901. The molecule has 2 aromatic heterocycles. The van der Waals surface area contributed by atoms with Crippen molar-refractivity contribution in [2.75, 3.05) is 5.32 Å². The van der Waals surface area contributed by atoms with Gasteiger partial charge in [-0.2, -0.15) is 10.1 Å². The van der Waals surface area contributed by atoms with Crippen molar-refractivity contribution in [2.24, 2.45) is 0 Å². The third-order valence-electron chi connectivity index (χ3n) is 4.63. The first-order valence-corrected chi connectivity index (χ1v) is 9.78. The predicted octanol–water partition coefficient (Wildman–Crippen LogP) is 4.10. The Balaban J connectivity index is 1.52. The number of carbonyl (C=O) groups is 1. The van der Waals surface area contributed by atoms with Gasteiger partial charge >= 0.3 is 0 Å². The molecule has 0 unspecified atom stereocenters. The molecule has 1 aromatic carbocycles. The summed E-state index contributed by atoms with van der Waals surface area (Å²) in [5.74, 6) is 1.87. The van der Waals surface area contributed by atoms with Gasteiger partial charge in [-0.15, -0.1) is 0 Å². The molecule has 0 fully saturated rings. The number of aryl methyl sites for hydroxylation is 3. The fourth-order valence-electron chi connectivity index (χ4n) is 3.00. The number of hydrogen-bond donors (Lipinski definition) is 1. The van der Waals surface area contributed by atoms with Gasteiger partial charge in [0.2, 0.25) is 11.8 Å². The summed E-state index contributed by atoms with van der Waals surface area (Å²) in [4.78, 5) is 16.6. The van der Waals surface area contributed by atoms with Crippen LogP contribution in [0.2, 0.25) is 0 Å². The van der Waals surface area contributed by atoms with Crippen molar-refractivity contribution in [3.05, 3.63) is 59.4 Å². The lowest BCUT2D eigenvalue weighted by Gasteiger charge is -2.12. The Kier molecular flexibility index (Phi) is 6.57. The lowest BCUT2D eigenvalue weighted by atomic mass is 10.1. The molecule has 0 spiro atoms. The molecule has 1 amide bonds. The molecule has 0 saturated carbocycles. The Labute approximate surface area is 165 Å². The van der Waals surface area contributed by atoms with Crippen LogP contribution in [0.5, 0.6) is 0 Å². The number of nitrogens with one attached hydrogen (secondary N) is 1. The summed E-state index contributed by atoms with van der Waals surface area (Å²) in [6.45, 7) is 6.11. The minimum atomic E-state index is -0.0611. The number of hydrogen-bond acceptors (Lipinski definition) is 5. The zero-order chi connectivity index (χ0) is 19.9. The number of carbonyl (C=O) groups excluding carboxylic acids is 1. The van der Waals surface area contributed by atoms with Crippen LogP contribution in [0.25, 0.3) is 0 Å². The van der Waals surface area contributed by atoms with Crippen LogP contribution in [0.1, 0.15) is 62.0 Å². The maximum Gasteiger partial charge on any atom is 0.226 e. The molecule has 1 N–H and O–H groups in total. The third kappa shape index (κ3) is 5.06. The van der Waals surface area contributed by atoms with Crippen LogP contribution in [-0.2, 0) is 17.6 Å². The van der Waals surface area contributed by atoms with Crippen molar-refractivity contribution >= 4 is 11.7 Å². The first-order chi connectivity index (χ1) is 13.6. The van der Waals surface area contributed by atoms with Gasteiger partial charge in [-0.25, -0.2) is 0 Å². The van der Waals surface area contributed by atoms with Gasteiger partial charge in [-0.1, -0.05) is 42.4 Å². The molecule has 0 saturated heterocycles. The van der Waals surface area contributed by atoms with Gasteiger partial charge in [0.1, 0.15) is 0 Å². The smallest absolute Gasteiger partial charge is 0.226 e. The average Bonchev–Trinajstić information content (AvgIpc) is 3.29. The number of nitrogens with zero attached hydrogens (tertiary/aromatic N) is 4. The van der Waals surface area contributed by atoms with E-state index < -0.39 is 0 Å². The Morgan fingerprint density at radius 2 is 2.04 bits per heavy atom. The third-order valence-corrected chi connectivity index (χ3v) is 4.63.